The summed E-state index contributed by atoms with van der Waals surface area (Å²) in [5.41, 5.74) is 1.29. The molecule has 1 aliphatic rings. The van der Waals surface area contributed by atoms with E-state index >= 15 is 0 Å². The molecule has 1 heteroatoms. The van der Waals surface area contributed by atoms with Gasteiger partial charge in [0.05, 0.1) is 0 Å². The van der Waals surface area contributed by atoms with E-state index in [0.717, 1.165) is 17.8 Å². The first kappa shape index (κ1) is 7.78. The average molecular weight is 161 g/mol. The molecule has 0 aliphatic heterocycles. The van der Waals surface area contributed by atoms with Crippen LogP contribution in [0.15, 0.2) is 24.4 Å². The first-order valence-corrected chi connectivity index (χ1v) is 4.70. The number of pyridine rings is 1. The molecule has 2 atom stereocenters. The van der Waals surface area contributed by atoms with Crippen molar-refractivity contribution in [2.24, 2.45) is 11.8 Å². The van der Waals surface area contributed by atoms with Crippen molar-refractivity contribution >= 4 is 0 Å². The molecular formula is C11H15N. The molecule has 1 fully saturated rings. The van der Waals surface area contributed by atoms with E-state index in [1.54, 1.807) is 0 Å². The molecule has 0 unspecified atom stereocenters. The van der Waals surface area contributed by atoms with Crippen molar-refractivity contribution < 1.29 is 0 Å². The molecule has 2 rings (SSSR count). The van der Waals surface area contributed by atoms with Crippen LogP contribution in [0.25, 0.3) is 0 Å². The maximum atomic E-state index is 4.37. The zero-order valence-corrected chi connectivity index (χ0v) is 7.70. The highest BCUT2D eigenvalue weighted by molar-refractivity contribution is 5.18. The fourth-order valence-corrected chi connectivity index (χ4v) is 1.89. The molecule has 0 aromatic carbocycles. The van der Waals surface area contributed by atoms with Crippen molar-refractivity contribution in [1.29, 1.82) is 0 Å². The minimum Gasteiger partial charge on any atom is -0.261 e. The Morgan fingerprint density at radius 2 is 2.25 bits per heavy atom. The average Bonchev–Trinajstić information content (AvgIpc) is 2.84. The third-order valence-corrected chi connectivity index (χ3v) is 2.76. The second-order valence-corrected chi connectivity index (χ2v) is 4.00. The molecule has 0 N–H and O–H groups in total. The van der Waals surface area contributed by atoms with Gasteiger partial charge in [-0.1, -0.05) is 19.9 Å². The van der Waals surface area contributed by atoms with Crippen LogP contribution < -0.4 is 0 Å². The van der Waals surface area contributed by atoms with Crippen molar-refractivity contribution in [1.82, 2.24) is 4.98 Å². The van der Waals surface area contributed by atoms with Gasteiger partial charge in [-0.15, -0.1) is 0 Å². The van der Waals surface area contributed by atoms with E-state index < -0.39 is 0 Å². The maximum absolute atomic E-state index is 4.37. The van der Waals surface area contributed by atoms with Gasteiger partial charge in [0.1, 0.15) is 0 Å². The molecule has 0 radical (unpaired) electrons. The van der Waals surface area contributed by atoms with Gasteiger partial charge >= 0.3 is 0 Å². The van der Waals surface area contributed by atoms with Crippen molar-refractivity contribution in [3.8, 4) is 0 Å². The zero-order valence-electron chi connectivity index (χ0n) is 7.70. The summed E-state index contributed by atoms with van der Waals surface area (Å²) in [7, 11) is 0. The molecule has 0 amide bonds. The highest BCUT2D eigenvalue weighted by Gasteiger charge is 2.40. The van der Waals surface area contributed by atoms with E-state index in [4.69, 9.17) is 0 Å². The summed E-state index contributed by atoms with van der Waals surface area (Å²) in [6.45, 7) is 4.60. The lowest BCUT2D eigenvalue weighted by molar-refractivity contribution is 0.546. The van der Waals surface area contributed by atoms with Crippen LogP contribution in [0.1, 0.15) is 31.9 Å². The van der Waals surface area contributed by atoms with Crippen LogP contribution >= 0.6 is 0 Å². The SMILES string of the molecule is CC(C)[C@H]1C[C@@H]1c1ccccn1. The van der Waals surface area contributed by atoms with Crippen LogP contribution in [-0.4, -0.2) is 4.98 Å². The lowest BCUT2D eigenvalue weighted by atomic mass is 10.1. The van der Waals surface area contributed by atoms with Gasteiger partial charge in [0.25, 0.3) is 0 Å². The molecule has 1 heterocycles. The molecule has 0 spiro atoms. The van der Waals surface area contributed by atoms with E-state index in [1.807, 2.05) is 12.3 Å². The Balaban J connectivity index is 2.06. The van der Waals surface area contributed by atoms with Crippen LogP contribution in [0.2, 0.25) is 0 Å². The molecule has 0 bridgehead atoms. The molecule has 12 heavy (non-hydrogen) atoms. The molecular weight excluding hydrogens is 146 g/mol. The Morgan fingerprint density at radius 3 is 2.75 bits per heavy atom. The van der Waals surface area contributed by atoms with Crippen LogP contribution in [0.3, 0.4) is 0 Å². The molecule has 1 nitrogen and oxygen atoms in total. The normalized spacial score (nSPS) is 27.6. The third kappa shape index (κ3) is 1.36. The number of aromatic nitrogens is 1. The fourth-order valence-electron chi connectivity index (χ4n) is 1.89. The van der Waals surface area contributed by atoms with Gasteiger partial charge in [-0.2, -0.15) is 0 Å². The summed E-state index contributed by atoms with van der Waals surface area (Å²) >= 11 is 0. The minimum absolute atomic E-state index is 0.756. The molecule has 1 aliphatic carbocycles. The molecule has 64 valence electrons. The predicted octanol–water partition coefficient (Wildman–Crippen LogP) is 2.84. The Labute approximate surface area is 73.8 Å². The summed E-state index contributed by atoms with van der Waals surface area (Å²) < 4.78 is 0. The quantitative estimate of drug-likeness (QED) is 0.650. The molecule has 1 saturated carbocycles. The summed E-state index contributed by atoms with van der Waals surface area (Å²) in [4.78, 5) is 4.37. The molecule has 0 saturated heterocycles. The van der Waals surface area contributed by atoms with Gasteiger partial charge < -0.3 is 0 Å². The van der Waals surface area contributed by atoms with E-state index in [0.29, 0.717) is 0 Å². The van der Waals surface area contributed by atoms with E-state index in [9.17, 15) is 0 Å². The van der Waals surface area contributed by atoms with E-state index in [-0.39, 0.29) is 0 Å². The summed E-state index contributed by atoms with van der Waals surface area (Å²) in [5.74, 6) is 2.46. The number of hydrogen-bond donors (Lipinski definition) is 0. The summed E-state index contributed by atoms with van der Waals surface area (Å²) in [6.07, 6.45) is 3.24. The lowest BCUT2D eigenvalue weighted by Gasteiger charge is -2.01. The van der Waals surface area contributed by atoms with Crippen LogP contribution in [0.5, 0.6) is 0 Å². The van der Waals surface area contributed by atoms with Crippen molar-refractivity contribution in [3.05, 3.63) is 30.1 Å². The highest BCUT2D eigenvalue weighted by atomic mass is 14.7. The third-order valence-electron chi connectivity index (χ3n) is 2.76. The Morgan fingerprint density at radius 1 is 1.42 bits per heavy atom. The van der Waals surface area contributed by atoms with Crippen molar-refractivity contribution in [2.45, 2.75) is 26.2 Å². The van der Waals surface area contributed by atoms with Crippen LogP contribution in [-0.2, 0) is 0 Å². The Kier molecular flexibility index (Phi) is 1.87. The molecule has 1 aromatic heterocycles. The minimum atomic E-state index is 0.756. The van der Waals surface area contributed by atoms with E-state index in [2.05, 4.69) is 31.0 Å². The first-order valence-electron chi connectivity index (χ1n) is 4.70. The second-order valence-electron chi connectivity index (χ2n) is 4.00. The lowest BCUT2D eigenvalue weighted by Crippen LogP contribution is -1.93. The number of nitrogens with zero attached hydrogens (tertiary/aromatic N) is 1. The van der Waals surface area contributed by atoms with Gasteiger partial charge in [-0.3, -0.25) is 4.98 Å². The Hall–Kier alpha value is -0.850. The largest absolute Gasteiger partial charge is 0.261 e. The standard InChI is InChI=1S/C11H15N/c1-8(2)9-7-10(9)11-5-3-4-6-12-11/h3-6,8-10H,7H2,1-2H3/t9-,10+/m1/s1. The number of rotatable bonds is 2. The first-order chi connectivity index (χ1) is 5.79. The second kappa shape index (κ2) is 2.89. The maximum Gasteiger partial charge on any atom is 0.0437 e. The Bertz CT molecular complexity index is 253. The van der Waals surface area contributed by atoms with Gasteiger partial charge in [-0.25, -0.2) is 0 Å². The van der Waals surface area contributed by atoms with Gasteiger partial charge in [0, 0.05) is 17.8 Å². The van der Waals surface area contributed by atoms with Crippen molar-refractivity contribution in [2.75, 3.05) is 0 Å². The molecule has 1 aromatic rings. The van der Waals surface area contributed by atoms with Gasteiger partial charge in [0.15, 0.2) is 0 Å². The number of hydrogen-bond acceptors (Lipinski definition) is 1. The van der Waals surface area contributed by atoms with Crippen molar-refractivity contribution in [3.63, 3.8) is 0 Å². The van der Waals surface area contributed by atoms with Gasteiger partial charge in [0.2, 0.25) is 0 Å². The van der Waals surface area contributed by atoms with Crippen LogP contribution in [0.4, 0.5) is 0 Å². The van der Waals surface area contributed by atoms with E-state index in [1.165, 1.54) is 12.1 Å². The summed E-state index contributed by atoms with van der Waals surface area (Å²) in [5, 5.41) is 0. The predicted molar refractivity (Wildman–Crippen MR) is 49.9 cm³/mol. The highest BCUT2D eigenvalue weighted by Crippen LogP contribution is 2.50. The summed E-state index contributed by atoms with van der Waals surface area (Å²) in [6, 6.07) is 6.21. The van der Waals surface area contributed by atoms with Crippen LogP contribution in [0, 0.1) is 11.8 Å². The topological polar surface area (TPSA) is 12.9 Å². The smallest absolute Gasteiger partial charge is 0.0437 e. The zero-order chi connectivity index (χ0) is 8.55. The monoisotopic (exact) mass is 161 g/mol. The van der Waals surface area contributed by atoms with Gasteiger partial charge in [-0.05, 0) is 30.4 Å². The fraction of sp³-hybridized carbons (Fsp3) is 0.545.